The number of rotatable bonds is 16. The Bertz CT molecular complexity index is 3510. The van der Waals surface area contributed by atoms with Crippen molar-refractivity contribution in [3.63, 3.8) is 0 Å². The van der Waals surface area contributed by atoms with Crippen molar-refractivity contribution >= 4 is 36.1 Å². The molecule has 2 aliphatic carbocycles. The second-order valence-corrected chi connectivity index (χ2v) is 27.6. The Morgan fingerprint density at radius 2 is 0.875 bits per heavy atom. The van der Waals surface area contributed by atoms with Crippen molar-refractivity contribution in [3.8, 4) is 0 Å². The van der Waals surface area contributed by atoms with Crippen LogP contribution in [0.25, 0.3) is 0 Å². The number of aliphatic imine (C=N–C) groups is 1. The van der Waals surface area contributed by atoms with Gasteiger partial charge in [-0.1, -0.05) is 0 Å². The van der Waals surface area contributed by atoms with Gasteiger partial charge in [0.25, 0.3) is 0 Å². The fourth-order valence-corrected chi connectivity index (χ4v) is 14.8. The maximum Gasteiger partial charge on any atom is 0.320 e. The van der Waals surface area contributed by atoms with Crippen LogP contribution in [0.4, 0.5) is 24.0 Å². The van der Waals surface area contributed by atoms with Crippen molar-refractivity contribution in [2.45, 2.75) is 187 Å². The molecule has 2 saturated carbocycles. The van der Waals surface area contributed by atoms with Gasteiger partial charge in [-0.3, -0.25) is 4.99 Å². The molecule has 0 aromatic carbocycles. The first-order valence-electron chi connectivity index (χ1n) is 33.7. The summed E-state index contributed by atoms with van der Waals surface area (Å²) in [6, 6.07) is 1.65. The minimum Gasteiger partial charge on any atom is -0.426 e. The molecule has 10 amide bonds. The van der Waals surface area contributed by atoms with Crippen molar-refractivity contribution < 1.29 is 46.1 Å². The third-order valence-electron chi connectivity index (χ3n) is 21.4. The highest BCUT2D eigenvalue weighted by atomic mass is 16.4. The number of fused-ring (bicyclic) bond motifs is 10. The van der Waals surface area contributed by atoms with Crippen LogP contribution in [-0.4, -0.2) is 266 Å². The minimum absolute atomic E-state index is 0.0267. The van der Waals surface area contributed by atoms with E-state index in [2.05, 4.69) is 61.3 Å². The number of nitrogens with two attached hydrogens (primary N) is 4. The third-order valence-corrected chi connectivity index (χ3v) is 21.4. The van der Waals surface area contributed by atoms with Crippen molar-refractivity contribution in [1.82, 2.24) is 105 Å². The molecule has 0 unspecified atom stereocenters. The summed E-state index contributed by atoms with van der Waals surface area (Å²) in [7, 11) is 11.2. The van der Waals surface area contributed by atoms with Crippen LogP contribution in [0.5, 0.6) is 0 Å². The van der Waals surface area contributed by atoms with Crippen LogP contribution in [0.1, 0.15) is 180 Å². The average molecular weight is 1340 g/mol. The molecule has 96 heavy (non-hydrogen) atoms. The van der Waals surface area contributed by atoms with Crippen LogP contribution in [0.2, 0.25) is 0 Å². The molecular formula is C60H90N26O10. The van der Waals surface area contributed by atoms with Gasteiger partial charge < -0.3 is 99.3 Å². The number of carbonyl (C=O) groups excluding carboxylic acids is 5. The molecule has 0 spiro atoms. The summed E-state index contributed by atoms with van der Waals surface area (Å²) in [4.78, 5) is 82.8. The zero-order chi connectivity index (χ0) is 67.3. The van der Waals surface area contributed by atoms with Gasteiger partial charge in [0.1, 0.15) is 30.2 Å². The zero-order valence-electron chi connectivity index (χ0n) is 55.5. The Balaban J connectivity index is 0.000000109. The lowest BCUT2D eigenvalue weighted by molar-refractivity contribution is 0.165. The lowest BCUT2D eigenvalue weighted by atomic mass is 10.0. The Kier molecular flexibility index (Phi) is 18.5. The van der Waals surface area contributed by atoms with Gasteiger partial charge in [-0.25, -0.2) is 24.0 Å². The summed E-state index contributed by atoms with van der Waals surface area (Å²) in [6.45, 7) is 5.69. The molecule has 9 N–H and O–H groups in total. The van der Waals surface area contributed by atoms with Crippen LogP contribution in [0.3, 0.4) is 0 Å². The van der Waals surface area contributed by atoms with E-state index in [9.17, 15) is 24.0 Å². The van der Waals surface area contributed by atoms with E-state index < -0.39 is 0 Å². The maximum absolute atomic E-state index is 12.3. The molecule has 5 aromatic rings. The smallest absolute Gasteiger partial charge is 0.320 e. The number of aryl methyl sites for hydroxylation is 1. The number of hydrogen-bond acceptors (Lipinski definition) is 24. The standard InChI is InChI=1S/C14H21N7O2.C13H19N5O2.2C12H19N5O2.C9H12N4O2/c1-20-8-2-3-9(21(6-8)13(20)22)10-18-19-11(23-10)14(4-5-14)7-17-12(15)16;1-17-8-2-3-9(18(7-8)12(17)19)11-16-15-10(20-11)6-13(14)4-5-13;1-13-6-5-10-14-15-11(19-10)9-4-3-8-7-17(9)12(18)16(8)2;1-16-8-4-5-9(17(7-8)12(16)18)11-15-14-10(19-11)3-2-6-13;1-12-6-2-3-7(8-11-10-5-15-8)13(4-6)9(12)14/h8-9H,2-7H2,1H3,(H4,15,16,17);8-9H,2-7,14H2,1H3;8-9,13H,3-7H2,1-2H3;8-9H,2-7,13H2,1H3;5-7H,2-4H2,1H3/t4*8-,9+;6-,7+/m11111/s1. The normalized spacial score (nSPS) is 28.3. The van der Waals surface area contributed by atoms with E-state index in [0.29, 0.717) is 116 Å². The molecule has 10 saturated heterocycles. The lowest BCUT2D eigenvalue weighted by Crippen LogP contribution is -2.34. The third kappa shape index (κ3) is 13.2. The van der Waals surface area contributed by atoms with E-state index in [1.807, 2.05) is 81.5 Å². The summed E-state index contributed by atoms with van der Waals surface area (Å²) < 4.78 is 28.2. The quantitative estimate of drug-likeness (QED) is 0.0698. The van der Waals surface area contributed by atoms with E-state index in [0.717, 1.165) is 136 Å². The fraction of sp³-hybridized carbons (Fsp3) is 0.733. The van der Waals surface area contributed by atoms with Gasteiger partial charge in [0.2, 0.25) is 59.4 Å². The van der Waals surface area contributed by atoms with Gasteiger partial charge in [0, 0.05) is 99.3 Å². The molecule has 12 aliphatic rings. The molecule has 36 nitrogen and oxygen atoms in total. The van der Waals surface area contributed by atoms with Gasteiger partial charge in [0.15, 0.2) is 5.96 Å². The van der Waals surface area contributed by atoms with Crippen molar-refractivity contribution in [2.24, 2.45) is 27.9 Å². The highest BCUT2D eigenvalue weighted by Gasteiger charge is 2.53. The molecule has 12 fully saturated rings. The van der Waals surface area contributed by atoms with Crippen molar-refractivity contribution in [3.05, 3.63) is 59.4 Å². The Hall–Kier alpha value is -8.80. The fourth-order valence-electron chi connectivity index (χ4n) is 14.8. The molecule has 17 rings (SSSR count). The first kappa shape index (κ1) is 65.8. The predicted molar refractivity (Wildman–Crippen MR) is 336 cm³/mol. The van der Waals surface area contributed by atoms with Crippen molar-refractivity contribution in [2.75, 3.05) is 94.6 Å². The number of urea groups is 5. The van der Waals surface area contributed by atoms with E-state index in [1.165, 1.54) is 6.39 Å². The number of nitrogens with one attached hydrogen (secondary N) is 1. The minimum atomic E-state index is -0.224. The summed E-state index contributed by atoms with van der Waals surface area (Å²) in [6.07, 6.45) is 17.5. The Morgan fingerprint density at radius 3 is 1.24 bits per heavy atom. The number of aromatic nitrogens is 10. The molecule has 0 radical (unpaired) electrons. The molecule has 10 atom stereocenters. The lowest BCUT2D eigenvalue weighted by Gasteiger charge is -2.27. The number of likely N-dealkylation sites (N-methyl/N-ethyl adjacent to an activating group) is 6. The number of piperidine rings is 5. The van der Waals surface area contributed by atoms with Gasteiger partial charge >= 0.3 is 30.2 Å². The molecule has 10 bridgehead atoms. The predicted octanol–water partition coefficient (Wildman–Crippen LogP) is 2.19. The molecule has 520 valence electrons. The zero-order valence-corrected chi connectivity index (χ0v) is 55.5. The Labute approximate surface area is 554 Å². The molecular weight excluding hydrogens is 1240 g/mol. The summed E-state index contributed by atoms with van der Waals surface area (Å²) >= 11 is 0. The molecule has 10 aliphatic heterocycles. The highest BCUT2D eigenvalue weighted by Crippen LogP contribution is 2.49. The summed E-state index contributed by atoms with van der Waals surface area (Å²) in [5.41, 5.74) is 22.0. The summed E-state index contributed by atoms with van der Waals surface area (Å²) in [5.74, 6) is 5.28. The van der Waals surface area contributed by atoms with Crippen LogP contribution in [0, 0.1) is 0 Å². The number of guanidine groups is 1. The number of carbonyl (C=O) groups is 5. The topological polar surface area (TPSA) is 441 Å². The van der Waals surface area contributed by atoms with Gasteiger partial charge in [-0.2, -0.15) is 0 Å². The second kappa shape index (κ2) is 27.0. The first-order valence-corrected chi connectivity index (χ1v) is 33.7. The van der Waals surface area contributed by atoms with Gasteiger partial charge in [-0.05, 0) is 110 Å². The average Bonchev–Trinajstić information content (AvgIpc) is 1.61. The van der Waals surface area contributed by atoms with E-state index in [4.69, 9.17) is 45.0 Å². The summed E-state index contributed by atoms with van der Waals surface area (Å²) in [5, 5.41) is 43.5. The maximum atomic E-state index is 12.3. The first-order chi connectivity index (χ1) is 46.2. The SMILES string of the molecule is CN1C(=O)N2C[C@H]1CC[C@H]2c1nnc(C2(CN=C(N)N)CC2)o1.CN1C(=O)N2C[C@H]1CC[C@H]2c1nnc(CC2(N)CC2)o1.CN1C(=O)N2C[C@H]1CC[C@H]2c1nnc(CCCN)o1.CN1C(=O)N2C[C@H]1CC[C@H]2c1nnco1.CNCCc1nnc([C@@H]2CC[C@@H]3CN2C(=O)N3C)o1. The largest absolute Gasteiger partial charge is 0.426 e. The van der Waals surface area contributed by atoms with Gasteiger partial charge in [-0.15, -0.1) is 51.0 Å². The Morgan fingerprint density at radius 1 is 0.500 bits per heavy atom. The molecule has 15 heterocycles. The number of hydrogen-bond donors (Lipinski definition) is 5. The van der Waals surface area contributed by atoms with E-state index in [-0.39, 0.29) is 77.3 Å². The number of amides is 10. The van der Waals surface area contributed by atoms with E-state index >= 15 is 0 Å². The van der Waals surface area contributed by atoms with Gasteiger partial charge in [0.05, 0.1) is 42.2 Å². The van der Waals surface area contributed by atoms with E-state index in [1.54, 1.807) is 9.80 Å². The van der Waals surface area contributed by atoms with Crippen molar-refractivity contribution in [1.29, 1.82) is 0 Å². The highest BCUT2D eigenvalue weighted by molar-refractivity contribution is 5.80. The monoisotopic (exact) mass is 1330 g/mol. The van der Waals surface area contributed by atoms with Crippen LogP contribution >= 0.6 is 0 Å². The number of nitrogens with zero attached hydrogens (tertiary/aromatic N) is 21. The van der Waals surface area contributed by atoms with Crippen LogP contribution in [0.15, 0.2) is 33.5 Å². The van der Waals surface area contributed by atoms with Crippen LogP contribution < -0.4 is 28.3 Å². The van der Waals surface area contributed by atoms with Crippen LogP contribution in [-0.2, 0) is 24.7 Å². The second-order valence-electron chi connectivity index (χ2n) is 27.6. The molecule has 5 aromatic heterocycles. The molecule has 36 heteroatoms.